The molecule has 0 spiro atoms. The third kappa shape index (κ3) is 5.36. The molecule has 2 nitrogen and oxygen atoms in total. The molecule has 0 aliphatic heterocycles. The number of aromatic nitrogens is 2. The van der Waals surface area contributed by atoms with E-state index in [1.165, 1.54) is 95.6 Å². The lowest BCUT2D eigenvalue weighted by molar-refractivity contribution is 0.331. The molecule has 138 valence electrons. The van der Waals surface area contributed by atoms with E-state index in [0.717, 1.165) is 0 Å². The summed E-state index contributed by atoms with van der Waals surface area (Å²) < 4.78 is 2.56. The summed E-state index contributed by atoms with van der Waals surface area (Å²) in [5, 5.41) is 0. The monoisotopic (exact) mass is 332 g/mol. The average Bonchev–Trinajstić information content (AvgIpc) is 3.26. The smallest absolute Gasteiger partial charge is 0.0950 e. The summed E-state index contributed by atoms with van der Waals surface area (Å²) in [5.41, 5.74) is 1.85. The summed E-state index contributed by atoms with van der Waals surface area (Å²) >= 11 is 0. The third-order valence-corrected chi connectivity index (χ3v) is 6.17. The SMILES string of the molecule is CCCCCCCC(C)(CCCCC)c1cncn1C1CCCC1. The minimum atomic E-state index is 0.320. The van der Waals surface area contributed by atoms with Crippen LogP contribution in [0.25, 0.3) is 0 Å². The molecule has 0 N–H and O–H groups in total. The normalized spacial score (nSPS) is 18.1. The van der Waals surface area contributed by atoms with Gasteiger partial charge in [-0.3, -0.25) is 0 Å². The highest BCUT2D eigenvalue weighted by atomic mass is 15.1. The minimum Gasteiger partial charge on any atom is -0.331 e. The molecule has 2 heteroatoms. The summed E-state index contributed by atoms with van der Waals surface area (Å²) in [5.74, 6) is 0. The second-order valence-corrected chi connectivity index (χ2v) is 8.31. The first-order valence-electron chi connectivity index (χ1n) is 10.7. The number of rotatable bonds is 12. The Morgan fingerprint density at radius 2 is 1.54 bits per heavy atom. The Morgan fingerprint density at radius 3 is 2.21 bits per heavy atom. The Labute approximate surface area is 150 Å². The summed E-state index contributed by atoms with van der Waals surface area (Å²) in [4.78, 5) is 4.58. The van der Waals surface area contributed by atoms with Crippen molar-refractivity contribution in [3.8, 4) is 0 Å². The van der Waals surface area contributed by atoms with E-state index in [4.69, 9.17) is 0 Å². The summed E-state index contributed by atoms with van der Waals surface area (Å²) in [7, 11) is 0. The van der Waals surface area contributed by atoms with Gasteiger partial charge in [0, 0.05) is 23.3 Å². The number of unbranched alkanes of at least 4 members (excludes halogenated alkanes) is 6. The summed E-state index contributed by atoms with van der Waals surface area (Å²) in [6.45, 7) is 7.13. The Morgan fingerprint density at radius 1 is 0.958 bits per heavy atom. The second-order valence-electron chi connectivity index (χ2n) is 8.31. The van der Waals surface area contributed by atoms with Crippen LogP contribution in [0.1, 0.15) is 122 Å². The van der Waals surface area contributed by atoms with Crippen LogP contribution in [0.3, 0.4) is 0 Å². The van der Waals surface area contributed by atoms with Gasteiger partial charge in [0.1, 0.15) is 0 Å². The van der Waals surface area contributed by atoms with Gasteiger partial charge in [-0.2, -0.15) is 0 Å². The van der Waals surface area contributed by atoms with E-state index < -0.39 is 0 Å². The van der Waals surface area contributed by atoms with Crippen LogP contribution < -0.4 is 0 Å². The van der Waals surface area contributed by atoms with E-state index >= 15 is 0 Å². The van der Waals surface area contributed by atoms with Crippen LogP contribution >= 0.6 is 0 Å². The highest BCUT2D eigenvalue weighted by Gasteiger charge is 2.31. The van der Waals surface area contributed by atoms with Crippen LogP contribution in [0.4, 0.5) is 0 Å². The molecule has 0 aromatic carbocycles. The van der Waals surface area contributed by atoms with Gasteiger partial charge in [0.25, 0.3) is 0 Å². The van der Waals surface area contributed by atoms with Crippen LogP contribution in [0.2, 0.25) is 0 Å². The molecule has 24 heavy (non-hydrogen) atoms. The lowest BCUT2D eigenvalue weighted by Crippen LogP contribution is -2.27. The molecule has 0 saturated heterocycles. The molecule has 0 amide bonds. The van der Waals surface area contributed by atoms with Crippen LogP contribution in [-0.4, -0.2) is 9.55 Å². The zero-order valence-electron chi connectivity index (χ0n) is 16.5. The third-order valence-electron chi connectivity index (χ3n) is 6.17. The topological polar surface area (TPSA) is 17.8 Å². The van der Waals surface area contributed by atoms with Gasteiger partial charge < -0.3 is 4.57 Å². The molecule has 1 aromatic rings. The molecule has 1 fully saturated rings. The van der Waals surface area contributed by atoms with Crippen molar-refractivity contribution in [2.24, 2.45) is 0 Å². The van der Waals surface area contributed by atoms with Crippen LogP contribution in [-0.2, 0) is 5.41 Å². The fourth-order valence-corrected chi connectivity index (χ4v) is 4.51. The number of nitrogens with zero attached hydrogens (tertiary/aromatic N) is 2. The van der Waals surface area contributed by atoms with E-state index in [1.54, 1.807) is 0 Å². The second kappa shape index (κ2) is 10.3. The number of imidazole rings is 1. The lowest BCUT2D eigenvalue weighted by atomic mass is 9.77. The molecule has 1 unspecified atom stereocenters. The van der Waals surface area contributed by atoms with E-state index in [2.05, 4.69) is 42.8 Å². The van der Waals surface area contributed by atoms with Gasteiger partial charge in [0.2, 0.25) is 0 Å². The summed E-state index contributed by atoms with van der Waals surface area (Å²) in [6, 6.07) is 0.716. The molecule has 1 heterocycles. The van der Waals surface area contributed by atoms with Gasteiger partial charge in [-0.1, -0.05) is 85.0 Å². The number of hydrogen-bond donors (Lipinski definition) is 0. The highest BCUT2D eigenvalue weighted by Crippen LogP contribution is 2.39. The first kappa shape index (κ1) is 19.5. The predicted octanol–water partition coefficient (Wildman–Crippen LogP) is 7.20. The quantitative estimate of drug-likeness (QED) is 0.370. The van der Waals surface area contributed by atoms with Crippen molar-refractivity contribution in [1.29, 1.82) is 0 Å². The molecule has 1 saturated carbocycles. The highest BCUT2D eigenvalue weighted by molar-refractivity contribution is 5.15. The molecular formula is C22H40N2. The summed E-state index contributed by atoms with van der Waals surface area (Å²) in [6.07, 6.45) is 23.4. The van der Waals surface area contributed by atoms with Crippen LogP contribution in [0, 0.1) is 0 Å². The van der Waals surface area contributed by atoms with Gasteiger partial charge in [0.05, 0.1) is 6.33 Å². The van der Waals surface area contributed by atoms with Crippen molar-refractivity contribution in [3.63, 3.8) is 0 Å². The van der Waals surface area contributed by atoms with Crippen molar-refractivity contribution >= 4 is 0 Å². The lowest BCUT2D eigenvalue weighted by Gasteiger charge is -2.32. The fraction of sp³-hybridized carbons (Fsp3) is 0.864. The van der Waals surface area contributed by atoms with Crippen molar-refractivity contribution < 1.29 is 0 Å². The molecule has 1 aliphatic carbocycles. The van der Waals surface area contributed by atoms with Crippen molar-refractivity contribution in [2.45, 2.75) is 122 Å². The van der Waals surface area contributed by atoms with Gasteiger partial charge in [-0.25, -0.2) is 4.98 Å². The Hall–Kier alpha value is -0.790. The van der Waals surface area contributed by atoms with E-state index in [0.29, 0.717) is 11.5 Å². The maximum Gasteiger partial charge on any atom is 0.0950 e. The fourth-order valence-electron chi connectivity index (χ4n) is 4.51. The first-order valence-corrected chi connectivity index (χ1v) is 10.7. The van der Waals surface area contributed by atoms with Gasteiger partial charge in [-0.15, -0.1) is 0 Å². The largest absolute Gasteiger partial charge is 0.331 e. The molecular weight excluding hydrogens is 292 g/mol. The predicted molar refractivity (Wildman–Crippen MR) is 105 cm³/mol. The zero-order chi connectivity index (χ0) is 17.3. The molecule has 1 aliphatic rings. The van der Waals surface area contributed by atoms with Gasteiger partial charge in [-0.05, 0) is 25.7 Å². The first-order chi connectivity index (χ1) is 11.7. The average molecular weight is 333 g/mol. The van der Waals surface area contributed by atoms with Crippen molar-refractivity contribution in [3.05, 3.63) is 18.2 Å². The minimum absolute atomic E-state index is 0.320. The zero-order valence-corrected chi connectivity index (χ0v) is 16.5. The van der Waals surface area contributed by atoms with Crippen molar-refractivity contribution in [1.82, 2.24) is 9.55 Å². The maximum absolute atomic E-state index is 4.58. The molecule has 2 rings (SSSR count). The Balaban J connectivity index is 2.05. The van der Waals surface area contributed by atoms with E-state index in [1.807, 2.05) is 0 Å². The van der Waals surface area contributed by atoms with E-state index in [9.17, 15) is 0 Å². The van der Waals surface area contributed by atoms with Gasteiger partial charge in [0.15, 0.2) is 0 Å². The van der Waals surface area contributed by atoms with Crippen LogP contribution in [0.15, 0.2) is 12.5 Å². The van der Waals surface area contributed by atoms with Crippen LogP contribution in [0.5, 0.6) is 0 Å². The molecule has 0 radical (unpaired) electrons. The Kier molecular flexibility index (Phi) is 8.35. The maximum atomic E-state index is 4.58. The standard InChI is InChI=1S/C22H40N2/c1-4-6-8-9-13-17-22(3,16-12-7-5-2)21-18-23-19-24(21)20-14-10-11-15-20/h18-20H,4-17H2,1-3H3. The number of hydrogen-bond acceptors (Lipinski definition) is 1. The molecule has 0 bridgehead atoms. The Bertz CT molecular complexity index is 445. The van der Waals surface area contributed by atoms with Crippen molar-refractivity contribution in [2.75, 3.05) is 0 Å². The van der Waals surface area contributed by atoms with Gasteiger partial charge >= 0.3 is 0 Å². The molecule has 1 atom stereocenters. The molecule has 1 aromatic heterocycles. The van der Waals surface area contributed by atoms with E-state index in [-0.39, 0.29) is 0 Å².